The highest BCUT2D eigenvalue weighted by Crippen LogP contribution is 2.26. The maximum absolute atomic E-state index is 4.49. The Hall–Kier alpha value is -1.56. The molecule has 6 nitrogen and oxygen atoms in total. The summed E-state index contributed by atoms with van der Waals surface area (Å²) in [6.07, 6.45) is 8.95. The van der Waals surface area contributed by atoms with E-state index in [1.807, 2.05) is 25.0 Å². The molecule has 1 N–H and O–H groups in total. The fourth-order valence-corrected chi connectivity index (χ4v) is 3.68. The third-order valence-electron chi connectivity index (χ3n) is 4.91. The first-order chi connectivity index (χ1) is 12.2. The molecular weight excluding hydrogens is 312 g/mol. The lowest BCUT2D eigenvalue weighted by Gasteiger charge is -2.23. The lowest BCUT2D eigenvalue weighted by atomic mass is 10.0. The smallest absolute Gasteiger partial charge is 0.193 e. The van der Waals surface area contributed by atoms with Gasteiger partial charge in [-0.1, -0.05) is 13.8 Å². The highest BCUT2D eigenvalue weighted by molar-refractivity contribution is 5.80. The largest absolute Gasteiger partial charge is 0.356 e. The molecule has 6 heteroatoms. The van der Waals surface area contributed by atoms with Crippen LogP contribution >= 0.6 is 0 Å². The first-order valence-corrected chi connectivity index (χ1v) is 9.84. The zero-order valence-electron chi connectivity index (χ0n) is 16.5. The summed E-state index contributed by atoms with van der Waals surface area (Å²) >= 11 is 0. The van der Waals surface area contributed by atoms with Crippen LogP contribution in [0.2, 0.25) is 0 Å². The Labute approximate surface area is 153 Å². The molecule has 1 aliphatic heterocycles. The molecule has 0 bridgehead atoms. The van der Waals surface area contributed by atoms with Gasteiger partial charge in [0.05, 0.1) is 6.20 Å². The van der Waals surface area contributed by atoms with Crippen LogP contribution in [0.1, 0.15) is 51.0 Å². The van der Waals surface area contributed by atoms with Crippen molar-refractivity contribution in [3.05, 3.63) is 18.0 Å². The van der Waals surface area contributed by atoms with Crippen molar-refractivity contribution in [1.29, 1.82) is 0 Å². The number of guanidine groups is 1. The Kier molecular flexibility index (Phi) is 8.25. The number of rotatable bonds is 9. The summed E-state index contributed by atoms with van der Waals surface area (Å²) < 4.78 is 1.89. The van der Waals surface area contributed by atoms with Gasteiger partial charge in [0.15, 0.2) is 5.96 Å². The molecule has 1 atom stereocenters. The van der Waals surface area contributed by atoms with Crippen LogP contribution in [0.5, 0.6) is 0 Å². The summed E-state index contributed by atoms with van der Waals surface area (Å²) in [5, 5.41) is 7.86. The standard InChI is InChI=1S/C19H36N6/c1-5-10-24(11-6-2)12-7-9-21-19(20-3)25-13-8-17(16-25)18-14-22-23(4)15-18/h14-15,17H,5-13,16H2,1-4H3,(H,20,21). The fraction of sp³-hybridized carbons (Fsp3) is 0.789. The summed E-state index contributed by atoms with van der Waals surface area (Å²) in [6, 6.07) is 0. The molecule has 2 heterocycles. The Morgan fingerprint density at radius 1 is 1.32 bits per heavy atom. The van der Waals surface area contributed by atoms with Crippen LogP contribution in [0.3, 0.4) is 0 Å². The second kappa shape index (κ2) is 10.4. The summed E-state index contributed by atoms with van der Waals surface area (Å²) in [7, 11) is 3.87. The summed E-state index contributed by atoms with van der Waals surface area (Å²) in [5.74, 6) is 1.61. The predicted octanol–water partition coefficient (Wildman–Crippen LogP) is 2.30. The molecule has 142 valence electrons. The van der Waals surface area contributed by atoms with E-state index in [9.17, 15) is 0 Å². The Morgan fingerprint density at radius 2 is 2.08 bits per heavy atom. The van der Waals surface area contributed by atoms with Crippen LogP contribution in [0.15, 0.2) is 17.4 Å². The van der Waals surface area contributed by atoms with Crippen molar-refractivity contribution in [2.45, 2.75) is 45.4 Å². The van der Waals surface area contributed by atoms with Crippen molar-refractivity contribution >= 4 is 5.96 Å². The monoisotopic (exact) mass is 348 g/mol. The maximum Gasteiger partial charge on any atom is 0.193 e. The molecule has 0 amide bonds. The lowest BCUT2D eigenvalue weighted by Crippen LogP contribution is -2.41. The van der Waals surface area contributed by atoms with Gasteiger partial charge in [0.2, 0.25) is 0 Å². The number of nitrogens with zero attached hydrogens (tertiary/aromatic N) is 5. The predicted molar refractivity (Wildman–Crippen MR) is 105 cm³/mol. The van der Waals surface area contributed by atoms with E-state index >= 15 is 0 Å². The van der Waals surface area contributed by atoms with Gasteiger partial charge in [-0.3, -0.25) is 9.67 Å². The van der Waals surface area contributed by atoms with Gasteiger partial charge in [-0.05, 0) is 50.9 Å². The van der Waals surface area contributed by atoms with E-state index in [0.29, 0.717) is 5.92 Å². The quantitative estimate of drug-likeness (QED) is 0.423. The van der Waals surface area contributed by atoms with E-state index in [1.165, 1.54) is 50.9 Å². The average Bonchev–Trinajstić information content (AvgIpc) is 3.24. The van der Waals surface area contributed by atoms with E-state index in [4.69, 9.17) is 0 Å². The third kappa shape index (κ3) is 6.03. The topological polar surface area (TPSA) is 48.7 Å². The molecule has 25 heavy (non-hydrogen) atoms. The number of aliphatic imine (C=N–C) groups is 1. The van der Waals surface area contributed by atoms with Crippen LogP contribution in [-0.2, 0) is 7.05 Å². The van der Waals surface area contributed by atoms with Crippen molar-refractivity contribution < 1.29 is 0 Å². The van der Waals surface area contributed by atoms with E-state index < -0.39 is 0 Å². The van der Waals surface area contributed by atoms with E-state index in [0.717, 1.165) is 25.6 Å². The molecule has 1 aromatic heterocycles. The van der Waals surface area contributed by atoms with E-state index in [2.05, 4.69) is 45.3 Å². The van der Waals surface area contributed by atoms with Gasteiger partial charge >= 0.3 is 0 Å². The second-order valence-electron chi connectivity index (χ2n) is 7.05. The van der Waals surface area contributed by atoms with E-state index in [-0.39, 0.29) is 0 Å². The summed E-state index contributed by atoms with van der Waals surface area (Å²) in [4.78, 5) is 9.44. The van der Waals surface area contributed by atoms with Crippen molar-refractivity contribution in [1.82, 2.24) is 24.9 Å². The number of likely N-dealkylation sites (tertiary alicyclic amines) is 1. The number of hydrogen-bond donors (Lipinski definition) is 1. The van der Waals surface area contributed by atoms with Gasteiger partial charge in [-0.25, -0.2) is 0 Å². The van der Waals surface area contributed by atoms with Crippen LogP contribution in [-0.4, -0.2) is 71.9 Å². The molecular formula is C19H36N6. The van der Waals surface area contributed by atoms with Crippen molar-refractivity contribution in [3.63, 3.8) is 0 Å². The molecule has 0 radical (unpaired) electrons. The van der Waals surface area contributed by atoms with Gasteiger partial charge in [0.25, 0.3) is 0 Å². The zero-order valence-corrected chi connectivity index (χ0v) is 16.5. The van der Waals surface area contributed by atoms with Crippen LogP contribution in [0.4, 0.5) is 0 Å². The molecule has 0 spiro atoms. The molecule has 1 unspecified atom stereocenters. The molecule has 1 saturated heterocycles. The van der Waals surface area contributed by atoms with Gasteiger partial charge in [0.1, 0.15) is 0 Å². The fourth-order valence-electron chi connectivity index (χ4n) is 3.68. The molecule has 0 aliphatic carbocycles. The highest BCUT2D eigenvalue weighted by atomic mass is 15.3. The summed E-state index contributed by atoms with van der Waals surface area (Å²) in [5.41, 5.74) is 1.34. The van der Waals surface area contributed by atoms with Crippen LogP contribution in [0.25, 0.3) is 0 Å². The zero-order chi connectivity index (χ0) is 18.1. The maximum atomic E-state index is 4.49. The SMILES string of the molecule is CCCN(CCC)CCCNC(=NC)N1CCC(c2cnn(C)c2)C1. The van der Waals surface area contributed by atoms with Gasteiger partial charge in [0, 0.05) is 45.8 Å². The first kappa shape index (κ1) is 19.8. The number of nitrogens with one attached hydrogen (secondary N) is 1. The van der Waals surface area contributed by atoms with Gasteiger partial charge in [-0.2, -0.15) is 5.10 Å². The Bertz CT molecular complexity index is 518. The van der Waals surface area contributed by atoms with E-state index in [1.54, 1.807) is 0 Å². The molecule has 1 aromatic rings. The molecule has 0 saturated carbocycles. The minimum Gasteiger partial charge on any atom is -0.356 e. The van der Waals surface area contributed by atoms with Crippen LogP contribution < -0.4 is 5.32 Å². The number of aryl methyl sites for hydroxylation is 1. The van der Waals surface area contributed by atoms with Crippen LogP contribution in [0, 0.1) is 0 Å². The van der Waals surface area contributed by atoms with Crippen molar-refractivity contribution in [2.75, 3.05) is 46.3 Å². The lowest BCUT2D eigenvalue weighted by molar-refractivity contribution is 0.271. The second-order valence-corrected chi connectivity index (χ2v) is 7.05. The number of hydrogen-bond acceptors (Lipinski definition) is 3. The number of aromatic nitrogens is 2. The highest BCUT2D eigenvalue weighted by Gasteiger charge is 2.26. The van der Waals surface area contributed by atoms with Crippen molar-refractivity contribution in [2.24, 2.45) is 12.0 Å². The molecule has 1 aliphatic rings. The average molecular weight is 349 g/mol. The Balaban J connectivity index is 1.73. The molecule has 1 fully saturated rings. The molecule has 0 aromatic carbocycles. The van der Waals surface area contributed by atoms with Crippen molar-refractivity contribution in [3.8, 4) is 0 Å². The van der Waals surface area contributed by atoms with Gasteiger partial charge < -0.3 is 15.1 Å². The minimum atomic E-state index is 0.567. The normalized spacial score (nSPS) is 18.4. The summed E-state index contributed by atoms with van der Waals surface area (Å²) in [6.45, 7) is 11.2. The Morgan fingerprint density at radius 3 is 2.68 bits per heavy atom. The minimum absolute atomic E-state index is 0.567. The molecule has 2 rings (SSSR count). The van der Waals surface area contributed by atoms with Gasteiger partial charge in [-0.15, -0.1) is 0 Å². The third-order valence-corrected chi connectivity index (χ3v) is 4.91. The first-order valence-electron chi connectivity index (χ1n) is 9.84.